The van der Waals surface area contributed by atoms with Gasteiger partial charge in [0.25, 0.3) is 0 Å². The Balaban J connectivity index is 0.00000156. The number of carbonyl (C=O) groups is 1. The van der Waals surface area contributed by atoms with Crippen LogP contribution in [0.15, 0.2) is 24.3 Å². The number of fused-ring (bicyclic) bond motifs is 2. The van der Waals surface area contributed by atoms with E-state index in [1.165, 1.54) is 31.2 Å². The van der Waals surface area contributed by atoms with Crippen molar-refractivity contribution in [3.8, 4) is 0 Å². The predicted octanol–water partition coefficient (Wildman–Crippen LogP) is 2.53. The van der Waals surface area contributed by atoms with Crippen LogP contribution in [-0.2, 0) is 32.3 Å². The maximum Gasteiger partial charge on any atom is 2.00 e. The zero-order valence-corrected chi connectivity index (χ0v) is 18.0. The number of benzene rings is 1. The fraction of sp³-hybridized carbons (Fsp3) is 0.550. The normalized spacial score (nSPS) is 22.7. The first kappa shape index (κ1) is 22.2. The number of hydrogen-bond donors (Lipinski definition) is 0. The van der Waals surface area contributed by atoms with Crippen LogP contribution >= 0.6 is 0 Å². The van der Waals surface area contributed by atoms with Gasteiger partial charge < -0.3 is 22.0 Å². The van der Waals surface area contributed by atoms with Crippen molar-refractivity contribution < 1.29 is 30.7 Å². The quantitative estimate of drug-likeness (QED) is 0.305. The van der Waals surface area contributed by atoms with E-state index in [1.807, 2.05) is 12.1 Å². The monoisotopic (exact) mass is 512 g/mol. The Bertz CT molecular complexity index is 521. The molecule has 0 aromatic heterocycles. The zero-order valence-electron chi connectivity index (χ0n) is 15.0. The van der Waals surface area contributed by atoms with Gasteiger partial charge in [-0.05, 0) is 44.2 Å². The van der Waals surface area contributed by atoms with E-state index in [2.05, 4.69) is 28.2 Å². The Morgan fingerprint density at radius 1 is 1.08 bits per heavy atom. The molecule has 2 aliphatic heterocycles. The van der Waals surface area contributed by atoms with E-state index < -0.39 is 0 Å². The molecule has 0 saturated carbocycles. The van der Waals surface area contributed by atoms with E-state index >= 15 is 0 Å². The minimum absolute atomic E-state index is 0. The molecule has 0 aliphatic carbocycles. The Kier molecular flexibility index (Phi) is 9.77. The van der Waals surface area contributed by atoms with Crippen molar-refractivity contribution in [3.05, 3.63) is 42.8 Å². The SMILES string of the molecule is O=[C-]CN1C2CCC1CN(CCCCc1ccc(C=O)cc1)C2.[CH3-].[W+2]. The van der Waals surface area contributed by atoms with Crippen molar-refractivity contribution in [2.45, 2.75) is 44.2 Å². The number of aldehydes is 1. The van der Waals surface area contributed by atoms with Crippen LogP contribution in [0, 0.1) is 7.43 Å². The summed E-state index contributed by atoms with van der Waals surface area (Å²) in [6.07, 6.45) is 8.87. The van der Waals surface area contributed by atoms with Crippen LogP contribution in [0.2, 0.25) is 0 Å². The maximum atomic E-state index is 10.7. The van der Waals surface area contributed by atoms with E-state index in [-0.39, 0.29) is 28.5 Å². The Morgan fingerprint density at radius 3 is 2.28 bits per heavy atom. The number of nitrogens with zero attached hydrogens (tertiary/aromatic N) is 2. The molecule has 2 saturated heterocycles. The van der Waals surface area contributed by atoms with Gasteiger partial charge in [-0.15, -0.1) is 0 Å². The number of likely N-dealkylation sites (tertiary alicyclic amines) is 1. The Labute approximate surface area is 166 Å². The van der Waals surface area contributed by atoms with Crippen LogP contribution in [0.3, 0.4) is 0 Å². The largest absolute Gasteiger partial charge is 2.00 e. The average molecular weight is 512 g/mol. The zero-order chi connectivity index (χ0) is 16.1. The molecule has 1 aromatic carbocycles. The first-order valence-electron chi connectivity index (χ1n) is 8.67. The molecule has 0 spiro atoms. The molecule has 1 aromatic rings. The van der Waals surface area contributed by atoms with Gasteiger partial charge in [-0.3, -0.25) is 4.79 Å². The minimum atomic E-state index is 0. The number of carbonyl (C=O) groups excluding carboxylic acids is 2. The van der Waals surface area contributed by atoms with Crippen molar-refractivity contribution in [3.63, 3.8) is 0 Å². The van der Waals surface area contributed by atoms with Crippen LogP contribution in [0.5, 0.6) is 0 Å². The summed E-state index contributed by atoms with van der Waals surface area (Å²) in [7, 11) is 0. The van der Waals surface area contributed by atoms with Gasteiger partial charge in [-0.1, -0.05) is 30.8 Å². The molecule has 0 radical (unpaired) electrons. The number of hydrogen-bond acceptors (Lipinski definition) is 4. The molecule has 136 valence electrons. The summed E-state index contributed by atoms with van der Waals surface area (Å²) in [5.41, 5.74) is 2.05. The van der Waals surface area contributed by atoms with Crippen LogP contribution in [0.4, 0.5) is 0 Å². The molecule has 2 unspecified atom stereocenters. The second-order valence-electron chi connectivity index (χ2n) is 6.78. The maximum absolute atomic E-state index is 10.7. The van der Waals surface area contributed by atoms with E-state index in [9.17, 15) is 9.59 Å². The molecule has 0 N–H and O–H groups in total. The molecule has 0 amide bonds. The van der Waals surface area contributed by atoms with Crippen LogP contribution in [0.1, 0.15) is 41.6 Å². The summed E-state index contributed by atoms with van der Waals surface area (Å²) in [5.74, 6) is 0. The molecule has 2 atom stereocenters. The fourth-order valence-corrected chi connectivity index (χ4v) is 4.02. The third-order valence-electron chi connectivity index (χ3n) is 5.26. The molecule has 2 aliphatic rings. The molecule has 25 heavy (non-hydrogen) atoms. The topological polar surface area (TPSA) is 40.6 Å². The standard InChI is InChI=1S/C19H25N2O2.CH3.W/c22-12-11-21-18-8-9-19(21)14-20(13-18)10-2-1-3-16-4-6-17(15-23)7-5-16;;/h4-7,15,18-19H,1-3,8-11,13-14H2;1H3;/q2*-1;+2. The van der Waals surface area contributed by atoms with Gasteiger partial charge in [0.1, 0.15) is 6.29 Å². The summed E-state index contributed by atoms with van der Waals surface area (Å²) in [5, 5.41) is 0. The van der Waals surface area contributed by atoms with Gasteiger partial charge in [0.05, 0.1) is 0 Å². The predicted molar refractivity (Wildman–Crippen MR) is 96.8 cm³/mol. The summed E-state index contributed by atoms with van der Waals surface area (Å²) in [6.45, 7) is 3.84. The van der Waals surface area contributed by atoms with Gasteiger partial charge in [0.2, 0.25) is 0 Å². The van der Waals surface area contributed by atoms with Crippen molar-refractivity contribution in [1.82, 2.24) is 9.80 Å². The molecular weight excluding hydrogens is 484 g/mol. The number of aryl methyl sites for hydroxylation is 1. The first-order chi connectivity index (χ1) is 11.3. The smallest absolute Gasteiger partial charge is 0.541 e. The fourth-order valence-electron chi connectivity index (χ4n) is 4.02. The van der Waals surface area contributed by atoms with Crippen LogP contribution in [-0.4, -0.2) is 60.6 Å². The van der Waals surface area contributed by atoms with Gasteiger partial charge in [0.15, 0.2) is 0 Å². The summed E-state index contributed by atoms with van der Waals surface area (Å²) in [6, 6.07) is 9.02. The van der Waals surface area contributed by atoms with E-state index in [0.717, 1.165) is 37.9 Å². The molecule has 4 nitrogen and oxygen atoms in total. The van der Waals surface area contributed by atoms with Gasteiger partial charge in [0, 0.05) is 30.7 Å². The van der Waals surface area contributed by atoms with Gasteiger partial charge in [-0.25, -0.2) is 6.29 Å². The third kappa shape index (κ3) is 5.84. The number of unbranched alkanes of at least 4 members (excludes halogenated alkanes) is 1. The van der Waals surface area contributed by atoms with E-state index in [0.29, 0.717) is 18.6 Å². The molecular formula is C20H28N2O2W. The second kappa shape index (κ2) is 11.0. The first-order valence-corrected chi connectivity index (χ1v) is 8.67. The molecule has 5 heteroatoms. The van der Waals surface area contributed by atoms with Gasteiger partial charge >= 0.3 is 21.1 Å². The molecule has 2 fully saturated rings. The summed E-state index contributed by atoms with van der Waals surface area (Å²) < 4.78 is 0. The van der Waals surface area contributed by atoms with Crippen molar-refractivity contribution >= 4 is 12.6 Å². The van der Waals surface area contributed by atoms with E-state index in [4.69, 9.17) is 0 Å². The Morgan fingerprint density at radius 2 is 1.72 bits per heavy atom. The van der Waals surface area contributed by atoms with E-state index in [1.54, 1.807) is 0 Å². The van der Waals surface area contributed by atoms with Crippen molar-refractivity contribution in [2.75, 3.05) is 26.2 Å². The Hall–Kier alpha value is -0.832. The van der Waals surface area contributed by atoms with Crippen molar-refractivity contribution in [2.24, 2.45) is 0 Å². The molecule has 2 heterocycles. The second-order valence-corrected chi connectivity index (χ2v) is 6.78. The van der Waals surface area contributed by atoms with Crippen LogP contribution < -0.4 is 0 Å². The molecule has 3 rings (SSSR count). The van der Waals surface area contributed by atoms with Gasteiger partial charge in [-0.2, -0.15) is 0 Å². The number of rotatable bonds is 8. The summed E-state index contributed by atoms with van der Waals surface area (Å²) in [4.78, 5) is 26.2. The molecule has 2 bridgehead atoms. The number of piperazine rings is 1. The average Bonchev–Trinajstić information content (AvgIpc) is 2.82. The van der Waals surface area contributed by atoms with Crippen molar-refractivity contribution in [1.29, 1.82) is 0 Å². The summed E-state index contributed by atoms with van der Waals surface area (Å²) >= 11 is 0. The third-order valence-corrected chi connectivity index (χ3v) is 5.26. The minimum Gasteiger partial charge on any atom is -0.541 e. The van der Waals surface area contributed by atoms with Crippen LogP contribution in [0.25, 0.3) is 0 Å².